The molecule has 1 fully saturated rings. The van der Waals surface area contributed by atoms with Crippen molar-refractivity contribution in [1.82, 2.24) is 10.0 Å². The first-order valence-electron chi connectivity index (χ1n) is 5.67. The Hall–Kier alpha value is -1.05. The maximum absolute atomic E-state index is 13.4. The van der Waals surface area contributed by atoms with Crippen LogP contribution < -0.4 is 10.0 Å². The van der Waals surface area contributed by atoms with E-state index in [1.54, 1.807) is 0 Å². The standard InChI is InChI=1S/C11H14F2N2O2S/c12-8-1-2-10(13)11(7-8)18(16,17)15-9-3-5-14-6-4-9/h1-2,7,9,14-15H,3-6H2. The fourth-order valence-electron chi connectivity index (χ4n) is 1.91. The van der Waals surface area contributed by atoms with Gasteiger partial charge in [-0.2, -0.15) is 0 Å². The van der Waals surface area contributed by atoms with Gasteiger partial charge in [0, 0.05) is 6.04 Å². The van der Waals surface area contributed by atoms with Gasteiger partial charge in [-0.15, -0.1) is 0 Å². The van der Waals surface area contributed by atoms with Crippen molar-refractivity contribution in [2.45, 2.75) is 23.8 Å². The largest absolute Gasteiger partial charge is 0.317 e. The van der Waals surface area contributed by atoms with E-state index in [1.807, 2.05) is 0 Å². The molecule has 4 nitrogen and oxygen atoms in total. The molecule has 0 unspecified atom stereocenters. The highest BCUT2D eigenvalue weighted by Crippen LogP contribution is 2.17. The van der Waals surface area contributed by atoms with Gasteiger partial charge in [0.05, 0.1) is 0 Å². The van der Waals surface area contributed by atoms with Crippen molar-refractivity contribution in [3.05, 3.63) is 29.8 Å². The van der Waals surface area contributed by atoms with Crippen LogP contribution in [0.3, 0.4) is 0 Å². The highest BCUT2D eigenvalue weighted by Gasteiger charge is 2.24. The Labute approximate surface area is 104 Å². The lowest BCUT2D eigenvalue weighted by molar-refractivity contribution is 0.425. The fraction of sp³-hybridized carbons (Fsp3) is 0.455. The van der Waals surface area contributed by atoms with Crippen molar-refractivity contribution >= 4 is 10.0 Å². The molecule has 0 amide bonds. The maximum atomic E-state index is 13.4. The molecule has 0 radical (unpaired) electrons. The fourth-order valence-corrected chi connectivity index (χ4v) is 3.30. The summed E-state index contributed by atoms with van der Waals surface area (Å²) < 4.78 is 52.7. The van der Waals surface area contributed by atoms with E-state index in [2.05, 4.69) is 10.0 Å². The van der Waals surface area contributed by atoms with Crippen LogP contribution in [0.15, 0.2) is 23.1 Å². The van der Waals surface area contributed by atoms with Crippen LogP contribution in [0.2, 0.25) is 0 Å². The lowest BCUT2D eigenvalue weighted by Gasteiger charge is -2.23. The molecule has 2 rings (SSSR count). The number of halogens is 2. The molecule has 0 bridgehead atoms. The van der Waals surface area contributed by atoms with Crippen molar-refractivity contribution in [2.75, 3.05) is 13.1 Å². The summed E-state index contributed by atoms with van der Waals surface area (Å²) in [5.74, 6) is -1.72. The number of rotatable bonds is 3. The second-order valence-electron chi connectivity index (χ2n) is 4.22. The predicted octanol–water partition coefficient (Wildman–Crippen LogP) is 0.995. The van der Waals surface area contributed by atoms with Crippen molar-refractivity contribution in [2.24, 2.45) is 0 Å². The zero-order chi connectivity index (χ0) is 13.2. The first-order chi connectivity index (χ1) is 8.49. The summed E-state index contributed by atoms with van der Waals surface area (Å²) in [6.45, 7) is 1.41. The number of hydrogen-bond acceptors (Lipinski definition) is 3. The highest BCUT2D eigenvalue weighted by atomic mass is 32.2. The summed E-state index contributed by atoms with van der Waals surface area (Å²) in [5.41, 5.74) is 0. The van der Waals surface area contributed by atoms with Crippen LogP contribution in [-0.2, 0) is 10.0 Å². The number of sulfonamides is 1. The molecule has 0 spiro atoms. The van der Waals surface area contributed by atoms with Gasteiger partial charge >= 0.3 is 0 Å². The molecule has 1 aromatic rings. The van der Waals surface area contributed by atoms with E-state index in [0.717, 1.165) is 12.1 Å². The highest BCUT2D eigenvalue weighted by molar-refractivity contribution is 7.89. The van der Waals surface area contributed by atoms with Gasteiger partial charge in [0.15, 0.2) is 0 Å². The van der Waals surface area contributed by atoms with Crippen molar-refractivity contribution < 1.29 is 17.2 Å². The quantitative estimate of drug-likeness (QED) is 0.866. The molecule has 0 aliphatic carbocycles. The van der Waals surface area contributed by atoms with Crippen LogP contribution >= 0.6 is 0 Å². The van der Waals surface area contributed by atoms with E-state index >= 15 is 0 Å². The average molecular weight is 276 g/mol. The van der Waals surface area contributed by atoms with Crippen LogP contribution in [0.5, 0.6) is 0 Å². The van der Waals surface area contributed by atoms with Gasteiger partial charge < -0.3 is 5.32 Å². The maximum Gasteiger partial charge on any atom is 0.243 e. The van der Waals surface area contributed by atoms with Crippen LogP contribution in [-0.4, -0.2) is 27.5 Å². The Bertz CT molecular complexity index is 528. The lowest BCUT2D eigenvalue weighted by atomic mass is 10.1. The Morgan fingerprint density at radius 2 is 1.89 bits per heavy atom. The minimum absolute atomic E-state index is 0.237. The average Bonchev–Trinajstić information content (AvgIpc) is 2.33. The Kier molecular flexibility index (Phi) is 3.94. The van der Waals surface area contributed by atoms with Gasteiger partial charge in [-0.1, -0.05) is 0 Å². The van der Waals surface area contributed by atoms with Crippen LogP contribution in [0.25, 0.3) is 0 Å². The molecule has 0 atom stereocenters. The Balaban J connectivity index is 2.21. The second kappa shape index (κ2) is 5.29. The van der Waals surface area contributed by atoms with E-state index in [9.17, 15) is 17.2 Å². The second-order valence-corrected chi connectivity index (χ2v) is 5.90. The van der Waals surface area contributed by atoms with Gasteiger partial charge in [0.2, 0.25) is 10.0 Å². The summed E-state index contributed by atoms with van der Waals surface area (Å²) >= 11 is 0. The number of hydrogen-bond donors (Lipinski definition) is 2. The monoisotopic (exact) mass is 276 g/mol. The van der Waals surface area contributed by atoms with Crippen LogP contribution in [0, 0.1) is 11.6 Å². The third kappa shape index (κ3) is 3.04. The smallest absolute Gasteiger partial charge is 0.243 e. The van der Waals surface area contributed by atoms with Gasteiger partial charge in [0.1, 0.15) is 16.5 Å². The predicted molar refractivity (Wildman–Crippen MR) is 62.6 cm³/mol. The molecule has 1 heterocycles. The molecule has 18 heavy (non-hydrogen) atoms. The molecule has 1 aromatic carbocycles. The molecule has 1 aliphatic heterocycles. The van der Waals surface area contributed by atoms with E-state index in [1.165, 1.54) is 0 Å². The van der Waals surface area contributed by atoms with E-state index in [4.69, 9.17) is 0 Å². The molecule has 0 aromatic heterocycles. The summed E-state index contributed by atoms with van der Waals surface area (Å²) in [6, 6.07) is 2.16. The zero-order valence-electron chi connectivity index (χ0n) is 9.62. The van der Waals surface area contributed by atoms with Crippen molar-refractivity contribution in [3.8, 4) is 0 Å². The summed E-state index contributed by atoms with van der Waals surface area (Å²) in [4.78, 5) is -0.638. The molecule has 0 saturated carbocycles. The SMILES string of the molecule is O=S(=O)(NC1CCNCC1)c1cc(F)ccc1F. The third-order valence-corrected chi connectivity index (χ3v) is 4.38. The van der Waals surface area contributed by atoms with Crippen LogP contribution in [0.4, 0.5) is 8.78 Å². The lowest BCUT2D eigenvalue weighted by Crippen LogP contribution is -2.42. The molecule has 1 saturated heterocycles. The number of piperidine rings is 1. The van der Waals surface area contributed by atoms with Gasteiger partial charge in [-0.3, -0.25) is 0 Å². The number of nitrogens with one attached hydrogen (secondary N) is 2. The minimum atomic E-state index is -4.01. The first-order valence-corrected chi connectivity index (χ1v) is 7.15. The summed E-state index contributed by atoms with van der Waals surface area (Å²) in [5, 5.41) is 3.09. The zero-order valence-corrected chi connectivity index (χ0v) is 10.4. The molecular formula is C11H14F2N2O2S. The molecular weight excluding hydrogens is 262 g/mol. The summed E-state index contributed by atoms with van der Waals surface area (Å²) in [6.07, 6.45) is 1.27. The molecule has 100 valence electrons. The van der Waals surface area contributed by atoms with Gasteiger partial charge in [-0.25, -0.2) is 21.9 Å². The Morgan fingerprint density at radius 1 is 1.22 bits per heavy atom. The number of benzene rings is 1. The van der Waals surface area contributed by atoms with Crippen molar-refractivity contribution in [3.63, 3.8) is 0 Å². The first kappa shape index (κ1) is 13.4. The molecule has 2 N–H and O–H groups in total. The van der Waals surface area contributed by atoms with Crippen molar-refractivity contribution in [1.29, 1.82) is 0 Å². The van der Waals surface area contributed by atoms with Crippen LogP contribution in [0.1, 0.15) is 12.8 Å². The van der Waals surface area contributed by atoms with E-state index in [-0.39, 0.29) is 6.04 Å². The Morgan fingerprint density at radius 3 is 2.56 bits per heavy atom. The van der Waals surface area contributed by atoms with Gasteiger partial charge in [-0.05, 0) is 44.1 Å². The normalized spacial score (nSPS) is 17.9. The van der Waals surface area contributed by atoms with E-state index in [0.29, 0.717) is 32.0 Å². The topological polar surface area (TPSA) is 58.2 Å². The molecule has 1 aliphatic rings. The molecule has 7 heteroatoms. The minimum Gasteiger partial charge on any atom is -0.317 e. The summed E-state index contributed by atoms with van der Waals surface area (Å²) in [7, 11) is -4.01. The van der Waals surface area contributed by atoms with Gasteiger partial charge in [0.25, 0.3) is 0 Å². The van der Waals surface area contributed by atoms with E-state index < -0.39 is 26.6 Å². The third-order valence-electron chi connectivity index (χ3n) is 2.84.